The van der Waals surface area contributed by atoms with Crippen LogP contribution in [0.5, 0.6) is 0 Å². The van der Waals surface area contributed by atoms with Crippen LogP contribution in [0.3, 0.4) is 0 Å². The molecular formula is C13H19BrN2O3. The molecule has 1 heterocycles. The molecule has 0 aromatic carbocycles. The maximum absolute atomic E-state index is 11.7. The lowest BCUT2D eigenvalue weighted by Crippen LogP contribution is -2.32. The van der Waals surface area contributed by atoms with E-state index in [4.69, 9.17) is 5.11 Å². The number of pyridine rings is 1. The molecule has 1 aromatic rings. The summed E-state index contributed by atoms with van der Waals surface area (Å²) in [4.78, 5) is 23.2. The molecule has 2 N–H and O–H groups in total. The van der Waals surface area contributed by atoms with Crippen molar-refractivity contribution in [2.75, 3.05) is 13.2 Å². The molecule has 6 heteroatoms. The fourth-order valence-electron chi connectivity index (χ4n) is 1.61. The molecule has 0 radical (unpaired) electrons. The van der Waals surface area contributed by atoms with Crippen molar-refractivity contribution in [2.24, 2.45) is 5.92 Å². The highest BCUT2D eigenvalue weighted by Gasteiger charge is 2.05. The summed E-state index contributed by atoms with van der Waals surface area (Å²) in [6.45, 7) is 2.71. The van der Waals surface area contributed by atoms with Crippen LogP contribution in [-0.4, -0.2) is 28.7 Å². The van der Waals surface area contributed by atoms with E-state index in [-0.39, 0.29) is 30.5 Å². The van der Waals surface area contributed by atoms with Crippen LogP contribution in [0.2, 0.25) is 0 Å². The normalized spacial score (nSPS) is 12.2. The largest absolute Gasteiger partial charge is 0.396 e. The second-order valence-electron chi connectivity index (χ2n) is 4.59. The van der Waals surface area contributed by atoms with Crippen molar-refractivity contribution in [1.82, 2.24) is 9.88 Å². The number of rotatable bonds is 7. The predicted molar refractivity (Wildman–Crippen MR) is 76.9 cm³/mol. The first-order chi connectivity index (χ1) is 9.02. The van der Waals surface area contributed by atoms with Crippen LogP contribution in [-0.2, 0) is 11.3 Å². The minimum atomic E-state index is -0.202. The first-order valence-corrected chi connectivity index (χ1v) is 7.05. The Kier molecular flexibility index (Phi) is 6.80. The zero-order valence-corrected chi connectivity index (χ0v) is 12.5. The van der Waals surface area contributed by atoms with Gasteiger partial charge in [0.25, 0.3) is 5.56 Å². The number of aromatic nitrogens is 1. The number of amides is 1. The quantitative estimate of drug-likeness (QED) is 0.736. The van der Waals surface area contributed by atoms with Gasteiger partial charge in [-0.25, -0.2) is 0 Å². The molecule has 1 rings (SSSR count). The van der Waals surface area contributed by atoms with Crippen LogP contribution in [0.15, 0.2) is 27.6 Å². The Morgan fingerprint density at radius 2 is 2.26 bits per heavy atom. The van der Waals surface area contributed by atoms with E-state index in [2.05, 4.69) is 21.2 Å². The number of hydrogen-bond acceptors (Lipinski definition) is 3. The van der Waals surface area contributed by atoms with Crippen LogP contribution >= 0.6 is 15.9 Å². The van der Waals surface area contributed by atoms with Crippen LogP contribution in [0.25, 0.3) is 0 Å². The first-order valence-electron chi connectivity index (χ1n) is 6.26. The van der Waals surface area contributed by atoms with E-state index in [0.29, 0.717) is 6.54 Å². The van der Waals surface area contributed by atoms with Crippen LogP contribution in [0.4, 0.5) is 0 Å². The van der Waals surface area contributed by atoms with E-state index in [9.17, 15) is 9.59 Å². The van der Waals surface area contributed by atoms with Crippen molar-refractivity contribution in [1.29, 1.82) is 0 Å². The van der Waals surface area contributed by atoms with E-state index in [1.807, 2.05) is 6.92 Å². The second-order valence-corrected chi connectivity index (χ2v) is 5.51. The molecule has 106 valence electrons. The van der Waals surface area contributed by atoms with Crippen molar-refractivity contribution >= 4 is 21.8 Å². The number of carbonyl (C=O) groups excluding carboxylic acids is 1. The van der Waals surface area contributed by atoms with Gasteiger partial charge >= 0.3 is 0 Å². The molecule has 0 aliphatic carbocycles. The van der Waals surface area contributed by atoms with Gasteiger partial charge in [-0.3, -0.25) is 9.59 Å². The number of aliphatic hydroxyl groups is 1. The molecule has 0 aliphatic heterocycles. The van der Waals surface area contributed by atoms with Gasteiger partial charge in [0, 0.05) is 29.9 Å². The average molecular weight is 331 g/mol. The van der Waals surface area contributed by atoms with Gasteiger partial charge in [0.1, 0.15) is 6.54 Å². The van der Waals surface area contributed by atoms with Gasteiger partial charge < -0.3 is 15.0 Å². The lowest BCUT2D eigenvalue weighted by Gasteiger charge is -2.09. The standard InChI is InChI=1S/C13H19BrN2O3/c1-10(9-17)3-2-6-15-12(18)8-16-7-11(14)4-5-13(16)19/h4-5,7,10,17H,2-3,6,8-9H2,1H3,(H,15,18). The van der Waals surface area contributed by atoms with E-state index >= 15 is 0 Å². The average Bonchev–Trinajstić information content (AvgIpc) is 2.38. The molecule has 0 saturated carbocycles. The molecule has 0 aliphatic rings. The summed E-state index contributed by atoms with van der Waals surface area (Å²) >= 11 is 3.26. The molecule has 0 spiro atoms. The van der Waals surface area contributed by atoms with Crippen LogP contribution < -0.4 is 10.9 Å². The Morgan fingerprint density at radius 1 is 1.53 bits per heavy atom. The maximum atomic E-state index is 11.7. The van der Waals surface area contributed by atoms with Gasteiger partial charge in [0.2, 0.25) is 5.91 Å². The van der Waals surface area contributed by atoms with Gasteiger partial charge in [-0.15, -0.1) is 0 Å². The summed E-state index contributed by atoms with van der Waals surface area (Å²) < 4.78 is 2.12. The van der Waals surface area contributed by atoms with Gasteiger partial charge in [-0.2, -0.15) is 0 Å². The van der Waals surface area contributed by atoms with Crippen molar-refractivity contribution in [2.45, 2.75) is 26.3 Å². The van der Waals surface area contributed by atoms with E-state index in [1.165, 1.54) is 10.6 Å². The van der Waals surface area contributed by atoms with Gasteiger partial charge in [0.05, 0.1) is 0 Å². The highest BCUT2D eigenvalue weighted by molar-refractivity contribution is 9.10. The molecule has 0 fully saturated rings. The Hall–Kier alpha value is -1.14. The Balaban J connectivity index is 2.35. The van der Waals surface area contributed by atoms with Crippen LogP contribution in [0.1, 0.15) is 19.8 Å². The van der Waals surface area contributed by atoms with E-state index < -0.39 is 0 Å². The number of nitrogens with zero attached hydrogens (tertiary/aromatic N) is 1. The number of carbonyl (C=O) groups is 1. The molecule has 0 saturated heterocycles. The number of halogens is 1. The monoisotopic (exact) mass is 330 g/mol. The molecule has 1 amide bonds. The third-order valence-electron chi connectivity index (χ3n) is 2.77. The van der Waals surface area contributed by atoms with E-state index in [0.717, 1.165) is 17.3 Å². The van der Waals surface area contributed by atoms with Gasteiger partial charge in [-0.1, -0.05) is 6.92 Å². The lowest BCUT2D eigenvalue weighted by molar-refractivity contribution is -0.121. The Bertz CT molecular complexity index is 473. The number of aliphatic hydroxyl groups excluding tert-OH is 1. The second kappa shape index (κ2) is 8.12. The zero-order chi connectivity index (χ0) is 14.3. The summed E-state index contributed by atoms with van der Waals surface area (Å²) in [6, 6.07) is 3.06. The van der Waals surface area contributed by atoms with Gasteiger partial charge in [0.15, 0.2) is 0 Å². The molecule has 1 unspecified atom stereocenters. The highest BCUT2D eigenvalue weighted by atomic mass is 79.9. The third-order valence-corrected chi connectivity index (χ3v) is 3.24. The molecule has 19 heavy (non-hydrogen) atoms. The summed E-state index contributed by atoms with van der Waals surface area (Å²) in [5.74, 6) is 0.0708. The smallest absolute Gasteiger partial charge is 0.251 e. The fourth-order valence-corrected chi connectivity index (χ4v) is 1.99. The summed E-state index contributed by atoms with van der Waals surface area (Å²) in [7, 11) is 0. The number of hydrogen-bond donors (Lipinski definition) is 2. The Labute approximate surface area is 120 Å². The molecule has 1 aromatic heterocycles. The van der Waals surface area contributed by atoms with Crippen molar-refractivity contribution < 1.29 is 9.90 Å². The van der Waals surface area contributed by atoms with E-state index in [1.54, 1.807) is 12.3 Å². The molecule has 0 bridgehead atoms. The zero-order valence-electron chi connectivity index (χ0n) is 10.9. The maximum Gasteiger partial charge on any atom is 0.251 e. The first kappa shape index (κ1) is 15.9. The van der Waals surface area contributed by atoms with Crippen molar-refractivity contribution in [3.63, 3.8) is 0 Å². The van der Waals surface area contributed by atoms with Gasteiger partial charge in [-0.05, 0) is 40.8 Å². The predicted octanol–water partition coefficient (Wildman–Crippen LogP) is 1.14. The van der Waals surface area contributed by atoms with Crippen molar-refractivity contribution in [3.05, 3.63) is 33.2 Å². The minimum Gasteiger partial charge on any atom is -0.396 e. The van der Waals surface area contributed by atoms with Crippen LogP contribution in [0, 0.1) is 5.92 Å². The molecule has 5 nitrogen and oxygen atoms in total. The van der Waals surface area contributed by atoms with Crippen molar-refractivity contribution in [3.8, 4) is 0 Å². The fraction of sp³-hybridized carbons (Fsp3) is 0.538. The summed E-state index contributed by atoms with van der Waals surface area (Å²) in [5, 5.41) is 11.6. The summed E-state index contributed by atoms with van der Waals surface area (Å²) in [5.41, 5.74) is -0.202. The number of nitrogens with one attached hydrogen (secondary N) is 1. The lowest BCUT2D eigenvalue weighted by atomic mass is 10.1. The summed E-state index contributed by atoms with van der Waals surface area (Å²) in [6.07, 6.45) is 3.28. The highest BCUT2D eigenvalue weighted by Crippen LogP contribution is 2.05. The SMILES string of the molecule is CC(CO)CCCNC(=O)Cn1cc(Br)ccc1=O. The Morgan fingerprint density at radius 3 is 2.95 bits per heavy atom. The molecular weight excluding hydrogens is 312 g/mol. The molecule has 1 atom stereocenters. The minimum absolute atomic E-state index is 0.0217. The topological polar surface area (TPSA) is 71.3 Å². The third kappa shape index (κ3) is 6.02.